The molecule has 1 amide bonds. The zero-order chi connectivity index (χ0) is 19.4. The van der Waals surface area contributed by atoms with Crippen molar-refractivity contribution in [1.29, 1.82) is 0 Å². The molecule has 0 saturated carbocycles. The van der Waals surface area contributed by atoms with Gasteiger partial charge in [-0.15, -0.1) is 0 Å². The van der Waals surface area contributed by atoms with Crippen molar-refractivity contribution in [2.45, 2.75) is 12.8 Å². The third-order valence-electron chi connectivity index (χ3n) is 4.04. The quantitative estimate of drug-likeness (QED) is 0.568. The largest absolute Gasteiger partial charge is 0.481 e. The first kappa shape index (κ1) is 19.3. The summed E-state index contributed by atoms with van der Waals surface area (Å²) in [5.74, 6) is -1.40. The maximum atomic E-state index is 13.9. The summed E-state index contributed by atoms with van der Waals surface area (Å²) in [6.45, 7) is 0.292. The molecule has 0 aromatic heterocycles. The summed E-state index contributed by atoms with van der Waals surface area (Å²) in [6.07, 6.45) is 2.08. The Hall–Kier alpha value is -2.51. The minimum absolute atomic E-state index is 0.00633. The Bertz CT molecular complexity index is 925. The van der Waals surface area contributed by atoms with Gasteiger partial charge in [-0.3, -0.25) is 14.5 Å². The third kappa shape index (κ3) is 4.61. The zero-order valence-electron chi connectivity index (χ0n) is 14.2. The van der Waals surface area contributed by atoms with Gasteiger partial charge in [0.05, 0.1) is 4.91 Å². The van der Waals surface area contributed by atoms with Crippen molar-refractivity contribution >= 4 is 46.3 Å². The summed E-state index contributed by atoms with van der Waals surface area (Å²) in [5.41, 5.74) is 2.08. The number of rotatable bonds is 6. The van der Waals surface area contributed by atoms with Crippen molar-refractivity contribution in [3.63, 3.8) is 0 Å². The molecule has 27 heavy (non-hydrogen) atoms. The molecule has 0 atom stereocenters. The number of hydrogen-bond acceptors (Lipinski definition) is 4. The first-order valence-electron chi connectivity index (χ1n) is 8.28. The highest BCUT2D eigenvalue weighted by atomic mass is 32.2. The van der Waals surface area contributed by atoms with Crippen molar-refractivity contribution < 1.29 is 19.1 Å². The molecule has 1 aliphatic rings. The van der Waals surface area contributed by atoms with E-state index in [0.717, 1.165) is 11.1 Å². The lowest BCUT2D eigenvalue weighted by Crippen LogP contribution is -2.29. The molecule has 4 nitrogen and oxygen atoms in total. The zero-order valence-corrected chi connectivity index (χ0v) is 15.9. The van der Waals surface area contributed by atoms with E-state index in [2.05, 4.69) is 0 Å². The van der Waals surface area contributed by atoms with Crippen LogP contribution in [-0.4, -0.2) is 32.7 Å². The van der Waals surface area contributed by atoms with Crippen molar-refractivity contribution in [3.05, 3.63) is 64.8 Å². The minimum atomic E-state index is -0.897. The van der Waals surface area contributed by atoms with Gasteiger partial charge in [0.15, 0.2) is 0 Å². The molecule has 1 fully saturated rings. The maximum Gasteiger partial charge on any atom is 0.303 e. The van der Waals surface area contributed by atoms with Crippen LogP contribution in [-0.2, 0) is 9.59 Å². The number of carbonyl (C=O) groups excluding carboxylic acids is 1. The number of nitrogens with zero attached hydrogens (tertiary/aromatic N) is 1. The van der Waals surface area contributed by atoms with Gasteiger partial charge in [-0.05, 0) is 29.7 Å². The number of carbonyl (C=O) groups is 2. The van der Waals surface area contributed by atoms with E-state index < -0.39 is 5.97 Å². The first-order chi connectivity index (χ1) is 13.0. The molecular formula is C20H16FNO3S2. The fourth-order valence-corrected chi connectivity index (χ4v) is 4.00. The molecule has 7 heteroatoms. The molecule has 2 aromatic rings. The average molecular weight is 401 g/mol. The van der Waals surface area contributed by atoms with Crippen molar-refractivity contribution in [1.82, 2.24) is 4.90 Å². The van der Waals surface area contributed by atoms with Crippen LogP contribution in [0.25, 0.3) is 17.2 Å². The third-order valence-corrected chi connectivity index (χ3v) is 5.42. The Kier molecular flexibility index (Phi) is 6.03. The number of thiocarbonyl (C=S) groups is 1. The summed E-state index contributed by atoms with van der Waals surface area (Å²) in [4.78, 5) is 25.0. The van der Waals surface area contributed by atoms with Gasteiger partial charge in [-0.2, -0.15) is 0 Å². The van der Waals surface area contributed by atoms with Gasteiger partial charge in [-0.1, -0.05) is 66.4 Å². The number of hydrogen-bond donors (Lipinski definition) is 1. The van der Waals surface area contributed by atoms with Crippen molar-refractivity contribution in [2.75, 3.05) is 6.54 Å². The molecule has 1 heterocycles. The highest BCUT2D eigenvalue weighted by Gasteiger charge is 2.31. The topological polar surface area (TPSA) is 57.6 Å². The predicted molar refractivity (Wildman–Crippen MR) is 109 cm³/mol. The Morgan fingerprint density at radius 1 is 1.19 bits per heavy atom. The van der Waals surface area contributed by atoms with E-state index in [4.69, 9.17) is 17.3 Å². The monoisotopic (exact) mass is 401 g/mol. The normalized spacial score (nSPS) is 15.6. The predicted octanol–water partition coefficient (Wildman–Crippen LogP) is 4.56. The summed E-state index contributed by atoms with van der Waals surface area (Å²) in [5, 5.41) is 8.71. The first-order valence-corrected chi connectivity index (χ1v) is 9.50. The molecule has 0 aliphatic carbocycles. The van der Waals surface area contributed by atoms with Gasteiger partial charge in [0.1, 0.15) is 10.1 Å². The Balaban J connectivity index is 1.73. The SMILES string of the molecule is O=C(O)CCCN1C(=O)/C(=C/c2ccc(-c3ccccc3F)cc2)SC1=S. The van der Waals surface area contributed by atoms with Gasteiger partial charge < -0.3 is 5.11 Å². The van der Waals surface area contributed by atoms with Crippen LogP contribution in [0.5, 0.6) is 0 Å². The van der Waals surface area contributed by atoms with E-state index >= 15 is 0 Å². The van der Waals surface area contributed by atoms with Crippen LogP contribution in [0, 0.1) is 5.82 Å². The summed E-state index contributed by atoms with van der Waals surface area (Å²) >= 11 is 6.43. The Labute approximate surface area is 165 Å². The van der Waals surface area contributed by atoms with Crippen LogP contribution in [0.4, 0.5) is 4.39 Å². The van der Waals surface area contributed by atoms with Crippen molar-refractivity contribution in [2.24, 2.45) is 0 Å². The molecule has 0 radical (unpaired) electrons. The van der Waals surface area contributed by atoms with Crippen LogP contribution in [0.1, 0.15) is 18.4 Å². The molecule has 0 bridgehead atoms. The number of carboxylic acid groups (broad SMARTS) is 1. The smallest absolute Gasteiger partial charge is 0.303 e. The molecule has 2 aromatic carbocycles. The molecule has 1 aliphatic heterocycles. The number of halogens is 1. The van der Waals surface area contributed by atoms with Crippen LogP contribution in [0.3, 0.4) is 0 Å². The van der Waals surface area contributed by atoms with Gasteiger partial charge in [0, 0.05) is 18.5 Å². The second-order valence-electron chi connectivity index (χ2n) is 5.93. The highest BCUT2D eigenvalue weighted by molar-refractivity contribution is 8.26. The summed E-state index contributed by atoms with van der Waals surface area (Å²) < 4.78 is 14.3. The number of carboxylic acids is 1. The molecule has 0 spiro atoms. The van der Waals surface area contributed by atoms with E-state index in [-0.39, 0.29) is 18.1 Å². The molecule has 0 unspecified atom stereocenters. The molecular weight excluding hydrogens is 385 g/mol. The molecule has 3 rings (SSSR count). The number of aliphatic carboxylic acids is 1. The molecule has 1 N–H and O–H groups in total. The van der Waals surface area contributed by atoms with Gasteiger partial charge in [0.25, 0.3) is 5.91 Å². The molecule has 1 saturated heterocycles. The maximum absolute atomic E-state index is 13.9. The van der Waals surface area contributed by atoms with E-state index in [0.29, 0.717) is 27.8 Å². The fourth-order valence-electron chi connectivity index (χ4n) is 2.69. The Morgan fingerprint density at radius 3 is 2.56 bits per heavy atom. The number of thioether (sulfide) groups is 1. The van der Waals surface area contributed by atoms with Crippen LogP contribution >= 0.6 is 24.0 Å². The molecule has 138 valence electrons. The van der Waals surface area contributed by atoms with Crippen LogP contribution in [0.15, 0.2) is 53.4 Å². The van der Waals surface area contributed by atoms with E-state index in [1.54, 1.807) is 36.4 Å². The lowest BCUT2D eigenvalue weighted by Gasteiger charge is -2.13. The number of benzene rings is 2. The second-order valence-corrected chi connectivity index (χ2v) is 7.61. The van der Waals surface area contributed by atoms with Gasteiger partial charge >= 0.3 is 5.97 Å². The second kappa shape index (κ2) is 8.45. The van der Waals surface area contributed by atoms with E-state index in [9.17, 15) is 14.0 Å². The van der Waals surface area contributed by atoms with Crippen LogP contribution in [0.2, 0.25) is 0 Å². The average Bonchev–Trinajstić information content (AvgIpc) is 2.90. The van der Waals surface area contributed by atoms with Crippen molar-refractivity contribution in [3.8, 4) is 11.1 Å². The Morgan fingerprint density at radius 2 is 1.89 bits per heavy atom. The highest BCUT2D eigenvalue weighted by Crippen LogP contribution is 2.33. The van der Waals surface area contributed by atoms with E-state index in [1.165, 1.54) is 22.7 Å². The van der Waals surface area contributed by atoms with Gasteiger partial charge in [-0.25, -0.2) is 4.39 Å². The minimum Gasteiger partial charge on any atom is -0.481 e. The fraction of sp³-hybridized carbons (Fsp3) is 0.150. The summed E-state index contributed by atoms with van der Waals surface area (Å²) in [6, 6.07) is 13.8. The lowest BCUT2D eigenvalue weighted by atomic mass is 10.0. The van der Waals surface area contributed by atoms with Gasteiger partial charge in [0.2, 0.25) is 0 Å². The lowest BCUT2D eigenvalue weighted by molar-refractivity contribution is -0.137. The summed E-state index contributed by atoms with van der Waals surface area (Å²) in [7, 11) is 0. The van der Waals surface area contributed by atoms with Crippen LogP contribution < -0.4 is 0 Å². The van der Waals surface area contributed by atoms with E-state index in [1.807, 2.05) is 12.1 Å². The standard InChI is InChI=1S/C20H16FNO3S2/c21-16-5-2-1-4-15(16)14-9-7-13(8-10-14)12-17-19(25)22(20(26)27-17)11-3-6-18(23)24/h1-2,4-5,7-10,12H,3,6,11H2,(H,23,24)/b17-12-. The number of amides is 1.